The van der Waals surface area contributed by atoms with E-state index in [9.17, 15) is 0 Å². The maximum Gasteiger partial charge on any atom is 0.160 e. The van der Waals surface area contributed by atoms with Gasteiger partial charge in [-0.2, -0.15) is 0 Å². The van der Waals surface area contributed by atoms with Gasteiger partial charge in [0.1, 0.15) is 11.2 Å². The Morgan fingerprint density at radius 2 is 0.906 bits per heavy atom. The molecule has 2 aromatic heterocycles. The molecule has 0 atom stereocenters. The highest BCUT2D eigenvalue weighted by molar-refractivity contribution is 6.19. The normalized spacial score (nSPS) is 11.8. The topological polar surface area (TPSA) is 38.9 Å². The van der Waals surface area contributed by atoms with E-state index in [1.807, 2.05) is 48.5 Å². The summed E-state index contributed by atoms with van der Waals surface area (Å²) in [5, 5.41) is 4.74. The second kappa shape index (κ2) is 11.7. The van der Waals surface area contributed by atoms with Gasteiger partial charge >= 0.3 is 0 Å². The summed E-state index contributed by atoms with van der Waals surface area (Å²) in [5.74, 6) is 0.692. The molecule has 0 unspecified atom stereocenters. The number of aromatic nitrogens is 2. The minimum Gasteiger partial charge on any atom is -0.456 e. The maximum absolute atomic E-state index is 6.46. The Morgan fingerprint density at radius 1 is 0.302 bits per heavy atom. The summed E-state index contributed by atoms with van der Waals surface area (Å²) < 4.78 is 6.46. The van der Waals surface area contributed by atoms with Crippen LogP contribution < -0.4 is 0 Å². The van der Waals surface area contributed by atoms with Crippen LogP contribution in [-0.4, -0.2) is 9.97 Å². The van der Waals surface area contributed by atoms with Crippen molar-refractivity contribution in [2.75, 3.05) is 0 Å². The van der Waals surface area contributed by atoms with E-state index in [0.29, 0.717) is 5.82 Å². The highest BCUT2D eigenvalue weighted by atomic mass is 16.3. The van der Waals surface area contributed by atoms with Crippen molar-refractivity contribution in [2.24, 2.45) is 0 Å². The van der Waals surface area contributed by atoms with E-state index in [-0.39, 0.29) is 0 Å². The van der Waals surface area contributed by atoms with Crippen molar-refractivity contribution in [1.29, 1.82) is 0 Å². The number of furan rings is 1. The van der Waals surface area contributed by atoms with Crippen LogP contribution in [0.1, 0.15) is 0 Å². The van der Waals surface area contributed by atoms with Crippen molar-refractivity contribution in [3.63, 3.8) is 0 Å². The average Bonchev–Trinajstić information content (AvgIpc) is 3.78. The third kappa shape index (κ3) is 4.75. The number of hydrogen-bond acceptors (Lipinski definition) is 3. The average molecular weight is 675 g/mol. The van der Waals surface area contributed by atoms with Gasteiger partial charge < -0.3 is 4.42 Å². The smallest absolute Gasteiger partial charge is 0.160 e. The van der Waals surface area contributed by atoms with Crippen molar-refractivity contribution in [3.8, 4) is 78.4 Å². The van der Waals surface area contributed by atoms with E-state index in [4.69, 9.17) is 14.4 Å². The first kappa shape index (κ1) is 29.6. The number of hydrogen-bond donors (Lipinski definition) is 0. The van der Waals surface area contributed by atoms with Gasteiger partial charge in [-0.1, -0.05) is 158 Å². The summed E-state index contributed by atoms with van der Waals surface area (Å²) in [4.78, 5) is 10.2. The van der Waals surface area contributed by atoms with E-state index in [1.165, 1.54) is 44.2 Å². The molecule has 10 aromatic rings. The first-order chi connectivity index (χ1) is 26.3. The van der Waals surface area contributed by atoms with Crippen LogP contribution in [0, 0.1) is 0 Å². The van der Waals surface area contributed by atoms with Crippen molar-refractivity contribution < 1.29 is 4.42 Å². The van der Waals surface area contributed by atoms with Gasteiger partial charge in [0.25, 0.3) is 0 Å². The van der Waals surface area contributed by atoms with E-state index in [0.717, 1.165) is 61.1 Å². The molecule has 0 aliphatic heterocycles. The number of rotatable bonds is 5. The van der Waals surface area contributed by atoms with Crippen LogP contribution in [0.5, 0.6) is 0 Å². The fourth-order valence-electron chi connectivity index (χ4n) is 8.18. The number of fused-ring (bicyclic) bond motifs is 6. The van der Waals surface area contributed by atoms with E-state index >= 15 is 0 Å². The van der Waals surface area contributed by atoms with Crippen molar-refractivity contribution >= 4 is 32.7 Å². The van der Waals surface area contributed by atoms with Crippen LogP contribution >= 0.6 is 0 Å². The lowest BCUT2D eigenvalue weighted by molar-refractivity contribution is 0.669. The molecule has 1 aliphatic rings. The van der Waals surface area contributed by atoms with Gasteiger partial charge in [-0.3, -0.25) is 0 Å². The molecule has 1 aliphatic carbocycles. The lowest BCUT2D eigenvalue weighted by Crippen LogP contribution is -1.96. The Bertz CT molecular complexity index is 2950. The Labute approximate surface area is 306 Å². The predicted octanol–water partition coefficient (Wildman–Crippen LogP) is 13.5. The molecule has 53 heavy (non-hydrogen) atoms. The zero-order valence-electron chi connectivity index (χ0n) is 28.6. The van der Waals surface area contributed by atoms with Gasteiger partial charge in [0.15, 0.2) is 5.82 Å². The van der Waals surface area contributed by atoms with Gasteiger partial charge in [-0.05, 0) is 79.5 Å². The molecule has 246 valence electrons. The van der Waals surface area contributed by atoms with Crippen LogP contribution in [0.15, 0.2) is 186 Å². The Balaban J connectivity index is 1.02. The predicted molar refractivity (Wildman–Crippen MR) is 218 cm³/mol. The first-order valence-corrected chi connectivity index (χ1v) is 18.0. The van der Waals surface area contributed by atoms with E-state index < -0.39 is 0 Å². The highest BCUT2D eigenvalue weighted by Crippen LogP contribution is 2.49. The van der Waals surface area contributed by atoms with Crippen LogP contribution in [0.3, 0.4) is 0 Å². The summed E-state index contributed by atoms with van der Waals surface area (Å²) in [7, 11) is 0. The molecule has 0 saturated heterocycles. The molecule has 0 saturated carbocycles. The SMILES string of the molecule is c1ccc(-c2cc(-c3cccc4oc5ccc(-c6ccc(-c7ccc8c9c(cccc79)-c7ccccc7-8)cc6)cc5c34)nc(-c3ccccc3)n2)cc1. The number of nitrogens with zero attached hydrogens (tertiary/aromatic N) is 2. The lowest BCUT2D eigenvalue weighted by atomic mass is 9.93. The molecule has 3 nitrogen and oxygen atoms in total. The highest BCUT2D eigenvalue weighted by Gasteiger charge is 2.22. The molecule has 11 rings (SSSR count). The Hall–Kier alpha value is -7.10. The molecule has 0 radical (unpaired) electrons. The second-order valence-corrected chi connectivity index (χ2v) is 13.7. The van der Waals surface area contributed by atoms with E-state index in [2.05, 4.69) is 133 Å². The Kier molecular flexibility index (Phi) is 6.55. The van der Waals surface area contributed by atoms with Crippen molar-refractivity contribution in [3.05, 3.63) is 182 Å². The fraction of sp³-hybridized carbons (Fsp3) is 0. The minimum absolute atomic E-state index is 0.692. The zero-order chi connectivity index (χ0) is 34.9. The quantitative estimate of drug-likeness (QED) is 0.182. The summed E-state index contributed by atoms with van der Waals surface area (Å²) in [6.45, 7) is 0. The lowest BCUT2D eigenvalue weighted by Gasteiger charge is -2.11. The van der Waals surface area contributed by atoms with Crippen molar-refractivity contribution in [1.82, 2.24) is 9.97 Å². The summed E-state index contributed by atoms with van der Waals surface area (Å²) in [6, 6.07) is 64.3. The van der Waals surface area contributed by atoms with Gasteiger partial charge in [0.2, 0.25) is 0 Å². The molecule has 0 bridgehead atoms. The third-order valence-electron chi connectivity index (χ3n) is 10.7. The Morgan fingerprint density at radius 3 is 1.70 bits per heavy atom. The van der Waals surface area contributed by atoms with Crippen molar-refractivity contribution in [2.45, 2.75) is 0 Å². The molecule has 3 heteroatoms. The first-order valence-electron chi connectivity index (χ1n) is 18.0. The molecular weight excluding hydrogens is 645 g/mol. The fourth-order valence-corrected chi connectivity index (χ4v) is 8.18. The summed E-state index contributed by atoms with van der Waals surface area (Å²) >= 11 is 0. The number of benzene rings is 8. The molecule has 0 amide bonds. The molecule has 0 fully saturated rings. The van der Waals surface area contributed by atoms with Crippen LogP contribution in [0.2, 0.25) is 0 Å². The third-order valence-corrected chi connectivity index (χ3v) is 10.7. The van der Waals surface area contributed by atoms with Gasteiger partial charge in [-0.25, -0.2) is 9.97 Å². The van der Waals surface area contributed by atoms with Crippen LogP contribution in [0.4, 0.5) is 0 Å². The molecule has 8 aromatic carbocycles. The monoisotopic (exact) mass is 674 g/mol. The second-order valence-electron chi connectivity index (χ2n) is 13.7. The molecular formula is C50H30N2O. The largest absolute Gasteiger partial charge is 0.456 e. The molecule has 0 spiro atoms. The van der Waals surface area contributed by atoms with Gasteiger partial charge in [-0.15, -0.1) is 0 Å². The van der Waals surface area contributed by atoms with Crippen LogP contribution in [-0.2, 0) is 0 Å². The standard InChI is InChI=1S/C50H30N2O/c1-3-11-33(12-4-1)44-30-45(52-50(51-44)34-13-5-2-6-14-34)42-19-10-20-47-49(42)43-29-35(25-28-46(43)53-47)31-21-23-32(24-22-31)36-26-27-41-38-16-8-7-15-37(38)40-18-9-17-39(36)48(40)41/h1-30H. The van der Waals surface area contributed by atoms with Gasteiger partial charge in [0.05, 0.1) is 11.4 Å². The maximum atomic E-state index is 6.46. The zero-order valence-corrected chi connectivity index (χ0v) is 28.6. The van der Waals surface area contributed by atoms with Crippen LogP contribution in [0.25, 0.3) is 111 Å². The molecule has 2 heterocycles. The summed E-state index contributed by atoms with van der Waals surface area (Å²) in [6.07, 6.45) is 0. The minimum atomic E-state index is 0.692. The van der Waals surface area contributed by atoms with E-state index in [1.54, 1.807) is 0 Å². The molecule has 0 N–H and O–H groups in total. The summed E-state index contributed by atoms with van der Waals surface area (Å²) in [5.41, 5.74) is 16.5. The van der Waals surface area contributed by atoms with Gasteiger partial charge in [0, 0.05) is 27.5 Å².